The molecule has 3 rings (SSSR count). The van der Waals surface area contributed by atoms with Crippen LogP contribution < -0.4 is 20.1 Å². The number of methoxy groups -OCH3 is 2. The number of aromatic carboxylic acids is 1. The summed E-state index contributed by atoms with van der Waals surface area (Å²) >= 11 is 0. The second kappa shape index (κ2) is 9.45. The second-order valence-electron chi connectivity index (χ2n) is 6.41. The van der Waals surface area contributed by atoms with Crippen molar-refractivity contribution in [3.05, 3.63) is 83.4 Å². The zero-order valence-corrected chi connectivity index (χ0v) is 16.8. The van der Waals surface area contributed by atoms with Gasteiger partial charge in [0.25, 0.3) is 11.8 Å². The molecule has 8 nitrogen and oxygen atoms in total. The topological polar surface area (TPSA) is 114 Å². The van der Waals surface area contributed by atoms with Crippen molar-refractivity contribution in [1.29, 1.82) is 0 Å². The summed E-state index contributed by atoms with van der Waals surface area (Å²) in [5.41, 5.74) is 1.01. The minimum absolute atomic E-state index is 0.0211. The van der Waals surface area contributed by atoms with Crippen molar-refractivity contribution in [2.75, 3.05) is 24.9 Å². The first-order chi connectivity index (χ1) is 14.9. The van der Waals surface area contributed by atoms with Crippen LogP contribution in [0, 0.1) is 0 Å². The molecule has 0 heterocycles. The van der Waals surface area contributed by atoms with Crippen molar-refractivity contribution >= 4 is 29.2 Å². The van der Waals surface area contributed by atoms with Crippen molar-refractivity contribution in [2.45, 2.75) is 0 Å². The fourth-order valence-corrected chi connectivity index (χ4v) is 2.90. The molecule has 0 bridgehead atoms. The number of hydrogen-bond donors (Lipinski definition) is 3. The summed E-state index contributed by atoms with van der Waals surface area (Å²) in [7, 11) is 3.01. The second-order valence-corrected chi connectivity index (χ2v) is 6.41. The maximum atomic E-state index is 12.7. The molecule has 0 spiro atoms. The van der Waals surface area contributed by atoms with Gasteiger partial charge in [-0.25, -0.2) is 4.79 Å². The largest absolute Gasteiger partial charge is 0.497 e. The number of amides is 2. The minimum atomic E-state index is -1.20. The third-order valence-electron chi connectivity index (χ3n) is 4.44. The quantitative estimate of drug-likeness (QED) is 0.534. The third-order valence-corrected chi connectivity index (χ3v) is 4.44. The summed E-state index contributed by atoms with van der Waals surface area (Å²) in [6, 6.07) is 17.2. The van der Waals surface area contributed by atoms with Crippen LogP contribution in [0.2, 0.25) is 0 Å². The van der Waals surface area contributed by atoms with Crippen LogP contribution in [-0.2, 0) is 0 Å². The van der Waals surface area contributed by atoms with Crippen molar-refractivity contribution in [2.24, 2.45) is 0 Å². The summed E-state index contributed by atoms with van der Waals surface area (Å²) in [5.74, 6) is -1.19. The maximum Gasteiger partial charge on any atom is 0.336 e. The lowest BCUT2D eigenvalue weighted by Gasteiger charge is -2.12. The summed E-state index contributed by atoms with van der Waals surface area (Å²) in [4.78, 5) is 36.6. The van der Waals surface area contributed by atoms with E-state index in [4.69, 9.17) is 9.47 Å². The summed E-state index contributed by atoms with van der Waals surface area (Å²) in [6.45, 7) is 0. The molecule has 0 aliphatic heterocycles. The van der Waals surface area contributed by atoms with E-state index in [0.717, 1.165) is 0 Å². The predicted octanol–water partition coefficient (Wildman–Crippen LogP) is 3.91. The van der Waals surface area contributed by atoms with E-state index in [2.05, 4.69) is 10.6 Å². The van der Waals surface area contributed by atoms with Crippen LogP contribution in [0.15, 0.2) is 66.7 Å². The highest BCUT2D eigenvalue weighted by Gasteiger charge is 2.17. The zero-order valence-electron chi connectivity index (χ0n) is 16.8. The van der Waals surface area contributed by atoms with E-state index in [1.165, 1.54) is 32.4 Å². The van der Waals surface area contributed by atoms with E-state index in [0.29, 0.717) is 28.4 Å². The number of carbonyl (C=O) groups excluding carboxylic acids is 2. The number of carbonyl (C=O) groups is 3. The first kappa shape index (κ1) is 21.4. The Labute approximate surface area is 178 Å². The van der Waals surface area contributed by atoms with Crippen LogP contribution >= 0.6 is 0 Å². The molecular formula is C23H20N2O6. The van der Waals surface area contributed by atoms with Crippen LogP contribution in [0.4, 0.5) is 11.4 Å². The number of ether oxygens (including phenoxy) is 2. The molecule has 0 aromatic heterocycles. The van der Waals surface area contributed by atoms with E-state index < -0.39 is 17.8 Å². The van der Waals surface area contributed by atoms with Crippen molar-refractivity contribution in [1.82, 2.24) is 0 Å². The molecule has 0 saturated carbocycles. The van der Waals surface area contributed by atoms with Gasteiger partial charge in [-0.3, -0.25) is 9.59 Å². The lowest BCUT2D eigenvalue weighted by molar-refractivity contribution is 0.0692. The molecule has 0 radical (unpaired) electrons. The molecule has 31 heavy (non-hydrogen) atoms. The molecule has 0 aliphatic carbocycles. The Morgan fingerprint density at radius 3 is 2.19 bits per heavy atom. The molecule has 0 saturated heterocycles. The van der Waals surface area contributed by atoms with Crippen LogP contribution in [0.25, 0.3) is 0 Å². The molecule has 3 aromatic carbocycles. The fraction of sp³-hybridized carbons (Fsp3) is 0.0870. The molecule has 8 heteroatoms. The summed E-state index contributed by atoms with van der Waals surface area (Å²) in [6.07, 6.45) is 0. The summed E-state index contributed by atoms with van der Waals surface area (Å²) < 4.78 is 10.4. The van der Waals surface area contributed by atoms with Crippen molar-refractivity contribution in [3.63, 3.8) is 0 Å². The molecule has 0 unspecified atom stereocenters. The van der Waals surface area contributed by atoms with E-state index in [1.54, 1.807) is 48.5 Å². The van der Waals surface area contributed by atoms with Gasteiger partial charge in [0, 0.05) is 17.3 Å². The van der Waals surface area contributed by atoms with E-state index in [-0.39, 0.29) is 11.1 Å². The van der Waals surface area contributed by atoms with E-state index in [9.17, 15) is 19.5 Å². The number of rotatable bonds is 7. The van der Waals surface area contributed by atoms with Crippen LogP contribution in [0.3, 0.4) is 0 Å². The van der Waals surface area contributed by atoms with Gasteiger partial charge < -0.3 is 25.2 Å². The molecule has 3 aromatic rings. The molecule has 0 atom stereocenters. The molecule has 158 valence electrons. The van der Waals surface area contributed by atoms with E-state index >= 15 is 0 Å². The Bertz CT molecular complexity index is 1140. The number of nitrogens with one attached hydrogen (secondary N) is 2. The Balaban J connectivity index is 1.78. The average molecular weight is 420 g/mol. The zero-order chi connectivity index (χ0) is 22.4. The van der Waals surface area contributed by atoms with Gasteiger partial charge in [0.2, 0.25) is 0 Å². The Morgan fingerprint density at radius 2 is 1.52 bits per heavy atom. The molecule has 2 amide bonds. The maximum absolute atomic E-state index is 12.7. The molecule has 0 aliphatic rings. The SMILES string of the molecule is COc1ccc(NC(=O)c2cccc(NC(=O)c3ccccc3C(=O)O)c2)c(OC)c1. The highest BCUT2D eigenvalue weighted by Crippen LogP contribution is 2.29. The Hall–Kier alpha value is -4.33. The van der Waals surface area contributed by atoms with Gasteiger partial charge >= 0.3 is 5.97 Å². The lowest BCUT2D eigenvalue weighted by atomic mass is 10.1. The first-order valence-electron chi connectivity index (χ1n) is 9.20. The number of benzene rings is 3. The highest BCUT2D eigenvalue weighted by molar-refractivity contribution is 6.11. The van der Waals surface area contributed by atoms with Gasteiger partial charge in [0.1, 0.15) is 11.5 Å². The van der Waals surface area contributed by atoms with Crippen molar-refractivity contribution in [3.8, 4) is 11.5 Å². The minimum Gasteiger partial charge on any atom is -0.497 e. The van der Waals surface area contributed by atoms with Gasteiger partial charge in [-0.15, -0.1) is 0 Å². The van der Waals surface area contributed by atoms with Crippen LogP contribution in [0.1, 0.15) is 31.1 Å². The standard InChI is InChI=1S/C23H20N2O6/c1-30-16-10-11-19(20(13-16)31-2)25-21(26)14-6-5-7-15(12-14)24-22(27)17-8-3-4-9-18(17)23(28)29/h3-13H,1-2H3,(H,24,27)(H,25,26)(H,28,29). The molecule has 3 N–H and O–H groups in total. The predicted molar refractivity (Wildman–Crippen MR) is 115 cm³/mol. The van der Waals surface area contributed by atoms with Gasteiger partial charge in [0.05, 0.1) is 31.0 Å². The number of carboxylic acid groups (broad SMARTS) is 1. The third kappa shape index (κ3) is 4.99. The van der Waals surface area contributed by atoms with Crippen LogP contribution in [-0.4, -0.2) is 37.1 Å². The lowest BCUT2D eigenvalue weighted by Crippen LogP contribution is -2.17. The number of hydrogen-bond acceptors (Lipinski definition) is 5. The Kier molecular flexibility index (Phi) is 6.51. The average Bonchev–Trinajstić information content (AvgIpc) is 2.79. The van der Waals surface area contributed by atoms with Crippen molar-refractivity contribution < 1.29 is 29.0 Å². The molecular weight excluding hydrogens is 400 g/mol. The normalized spacial score (nSPS) is 10.1. The fourth-order valence-electron chi connectivity index (χ4n) is 2.90. The molecule has 0 fully saturated rings. The number of carboxylic acids is 1. The monoisotopic (exact) mass is 420 g/mol. The van der Waals surface area contributed by atoms with Gasteiger partial charge in [0.15, 0.2) is 0 Å². The van der Waals surface area contributed by atoms with E-state index in [1.807, 2.05) is 0 Å². The summed E-state index contributed by atoms with van der Waals surface area (Å²) in [5, 5.41) is 14.6. The van der Waals surface area contributed by atoms with Crippen LogP contribution in [0.5, 0.6) is 11.5 Å². The van der Waals surface area contributed by atoms with Gasteiger partial charge in [-0.05, 0) is 42.5 Å². The van der Waals surface area contributed by atoms with Gasteiger partial charge in [-0.2, -0.15) is 0 Å². The first-order valence-corrected chi connectivity index (χ1v) is 9.20. The van der Waals surface area contributed by atoms with Gasteiger partial charge in [-0.1, -0.05) is 18.2 Å². The Morgan fingerprint density at radius 1 is 0.774 bits per heavy atom. The number of anilines is 2. The smallest absolute Gasteiger partial charge is 0.336 e. The highest BCUT2D eigenvalue weighted by atomic mass is 16.5.